The van der Waals surface area contributed by atoms with E-state index in [-0.39, 0.29) is 77.7 Å². The van der Waals surface area contributed by atoms with E-state index in [2.05, 4.69) is 239 Å². The van der Waals surface area contributed by atoms with Crippen LogP contribution in [0.3, 0.4) is 0 Å². The molecule has 5 unspecified atom stereocenters. The van der Waals surface area contributed by atoms with Crippen molar-refractivity contribution in [3.63, 3.8) is 0 Å². The Hall–Kier alpha value is -13.4. The molecule has 10 atom stereocenters. The Morgan fingerprint density at radius 2 is 0.438 bits per heavy atom. The summed E-state index contributed by atoms with van der Waals surface area (Å²) >= 11 is 0. The SMILES string of the molecule is CCC(O)[C@@H](CC)Nc1nc(NCc2ccccc2)c2ncn(C(C)C)c2n1.CCC(O)[C@H](CC)Nc1nc(NCc2ccccc2)c2ncn(C(C)C)c2n1.CC[C@@H](Nc1nc(NCc2ccccc2)c2ncn(C(C)C)c2n1)C(O)C(C)(C)C.CC[C@@H](Nc1nc(NCc2ccccc2)c2ncn(C(C)C)c2n1)C(O)C(C)C.CC[C@H](Nc1nc(NCc2ccccc2)c2ncn(C(C)C)c2n1)C(O)C(C)C. The van der Waals surface area contributed by atoms with E-state index in [0.717, 1.165) is 93.5 Å². The molecule has 15 N–H and O–H groups in total. The van der Waals surface area contributed by atoms with Crippen LogP contribution in [0.4, 0.5) is 58.8 Å². The Balaban J connectivity index is 0.000000172. The zero-order valence-corrected chi connectivity index (χ0v) is 88.8. The maximum atomic E-state index is 10.8. The van der Waals surface area contributed by atoms with Gasteiger partial charge < -0.3 is 102 Å². The number of benzene rings is 5. The molecule has 35 nitrogen and oxygen atoms in total. The fourth-order valence-electron chi connectivity index (χ4n) is 16.5. The minimum Gasteiger partial charge on any atom is -0.391 e. The molecule has 0 fully saturated rings. The topological polar surface area (TPSA) is 439 Å². The summed E-state index contributed by atoms with van der Waals surface area (Å²) in [4.78, 5) is 69.8. The lowest BCUT2D eigenvalue weighted by molar-refractivity contribution is 0.0451. The Bertz CT molecular complexity index is 6060. The van der Waals surface area contributed by atoms with E-state index in [4.69, 9.17) is 39.9 Å². The van der Waals surface area contributed by atoms with E-state index >= 15 is 0 Å². The van der Waals surface area contributed by atoms with Gasteiger partial charge in [-0.05, 0) is 159 Å². The van der Waals surface area contributed by atoms with Crippen LogP contribution >= 0.6 is 0 Å². The minimum atomic E-state index is -0.530. The van der Waals surface area contributed by atoms with Gasteiger partial charge in [0.25, 0.3) is 0 Å². The van der Waals surface area contributed by atoms with E-state index < -0.39 is 30.5 Å². The van der Waals surface area contributed by atoms with Gasteiger partial charge in [-0.2, -0.15) is 49.8 Å². The zero-order valence-electron chi connectivity index (χ0n) is 88.8. The van der Waals surface area contributed by atoms with Crippen molar-refractivity contribution in [2.45, 2.75) is 335 Å². The molecule has 15 aromatic rings. The van der Waals surface area contributed by atoms with Gasteiger partial charge in [-0.15, -0.1) is 0 Å². The van der Waals surface area contributed by atoms with Crippen molar-refractivity contribution in [3.8, 4) is 0 Å². The summed E-state index contributed by atoms with van der Waals surface area (Å²) in [5, 5.41) is 86.1. The molecule has 0 aliphatic rings. The lowest BCUT2D eigenvalue weighted by atomic mass is 9.84. The van der Waals surface area contributed by atoms with E-state index in [1.54, 1.807) is 12.7 Å². The second-order valence-electron chi connectivity index (χ2n) is 39.8. The average molecular weight is 1970 g/mol. The number of nitrogens with one attached hydrogen (secondary N) is 10. The summed E-state index contributed by atoms with van der Waals surface area (Å²) in [5.41, 5.74) is 13.2. The molecule has 0 radical (unpaired) electrons. The summed E-state index contributed by atoms with van der Waals surface area (Å²) in [6.07, 6.45) is 11.9. The molecule has 0 aliphatic carbocycles. The Morgan fingerprint density at radius 1 is 0.250 bits per heavy atom. The third-order valence-electron chi connectivity index (χ3n) is 25.4. The molecular weight excluding hydrogens is 1810 g/mol. The third kappa shape index (κ3) is 29.9. The molecule has 0 aliphatic heterocycles. The van der Waals surface area contributed by atoms with Crippen molar-refractivity contribution in [1.29, 1.82) is 0 Å². The number of nitrogens with zero attached hydrogens (tertiary/aromatic N) is 20. The van der Waals surface area contributed by atoms with Gasteiger partial charge in [0.2, 0.25) is 29.7 Å². The number of rotatable bonds is 44. The summed E-state index contributed by atoms with van der Waals surface area (Å²) in [6, 6.07) is 51.5. The van der Waals surface area contributed by atoms with E-state index in [1.807, 2.05) is 209 Å². The van der Waals surface area contributed by atoms with Crippen molar-refractivity contribution in [2.75, 3.05) is 53.2 Å². The number of aromatic nitrogens is 20. The number of fused-ring (bicyclic) bond motifs is 5. The number of aliphatic hydroxyl groups is 5. The van der Waals surface area contributed by atoms with Crippen LogP contribution in [0.1, 0.15) is 269 Å². The van der Waals surface area contributed by atoms with Crippen molar-refractivity contribution >= 4 is 115 Å². The van der Waals surface area contributed by atoms with Crippen LogP contribution in [0.5, 0.6) is 0 Å². The Kier molecular flexibility index (Phi) is 41.1. The molecule has 0 bridgehead atoms. The molecule has 0 saturated heterocycles. The summed E-state index contributed by atoms with van der Waals surface area (Å²) in [6.45, 7) is 52.6. The molecule has 0 saturated carbocycles. The maximum Gasteiger partial charge on any atom is 0.227 e. The first-order valence-corrected chi connectivity index (χ1v) is 51.4. The quantitative estimate of drug-likeness (QED) is 0.0169. The highest BCUT2D eigenvalue weighted by Crippen LogP contribution is 2.34. The average Bonchev–Trinajstić information content (AvgIpc) is 1.63. The molecule has 144 heavy (non-hydrogen) atoms. The van der Waals surface area contributed by atoms with Crippen molar-refractivity contribution in [2.24, 2.45) is 17.3 Å². The van der Waals surface area contributed by atoms with Crippen LogP contribution in [0, 0.1) is 17.3 Å². The lowest BCUT2D eigenvalue weighted by Crippen LogP contribution is -2.42. The lowest BCUT2D eigenvalue weighted by Gasteiger charge is -2.33. The van der Waals surface area contributed by atoms with Crippen molar-refractivity contribution < 1.29 is 25.5 Å². The van der Waals surface area contributed by atoms with Crippen LogP contribution in [0.2, 0.25) is 0 Å². The number of hydrogen-bond donors (Lipinski definition) is 15. The molecule has 0 spiro atoms. The van der Waals surface area contributed by atoms with Crippen LogP contribution in [0.15, 0.2) is 183 Å². The Morgan fingerprint density at radius 3 is 0.604 bits per heavy atom. The largest absolute Gasteiger partial charge is 0.391 e. The first-order valence-electron chi connectivity index (χ1n) is 51.4. The highest BCUT2D eigenvalue weighted by atomic mass is 16.3. The monoisotopic (exact) mass is 1970 g/mol. The molecule has 5 aromatic carbocycles. The standard InChI is InChI=1S/C23H34N6O.2C22H32N6O.2C21H30N6O/c1-7-17(19(30)23(4,5)6)26-22-27-20(24-13-16-11-9-8-10-12-16)18-21(28-22)29(14-25-18)15(2)3;2*1-6-17(19(29)14(2)3)25-22-26-20(23-12-16-10-8-7-9-11-16)18-21(27-22)28(13-24-18)15(4)5;2*1-5-16(17(28)6-2)24-21-25-19(22-12-15-10-8-7-9-11-15)18-20(26-21)27(13-23-18)14(3)4/h8-12,14-15,17,19,30H,7,13H2,1-6H3,(H2,24,26,27,28);2*7-11,13-15,17,19,29H,6,12H2,1-5H3,(H2,23,25,26,27);2*7-11,13-14,16-17,28H,5-6,12H2,1-4H3,(H2,22,24,25,26)/t3*17-,19?;2*16-,17?/m11010/s1. The molecule has 10 heterocycles. The van der Waals surface area contributed by atoms with E-state index in [1.165, 1.54) is 22.3 Å². The summed E-state index contributed by atoms with van der Waals surface area (Å²) in [5.74, 6) is 6.25. The third-order valence-corrected chi connectivity index (χ3v) is 25.4. The predicted octanol–water partition coefficient (Wildman–Crippen LogP) is 21.0. The van der Waals surface area contributed by atoms with Gasteiger partial charge in [0.05, 0.1) is 92.4 Å². The first-order chi connectivity index (χ1) is 69.1. The van der Waals surface area contributed by atoms with Gasteiger partial charge in [0, 0.05) is 62.9 Å². The van der Waals surface area contributed by atoms with Crippen LogP contribution in [0.25, 0.3) is 55.8 Å². The highest BCUT2D eigenvalue weighted by Gasteiger charge is 2.33. The van der Waals surface area contributed by atoms with Gasteiger partial charge in [0.1, 0.15) is 0 Å². The molecule has 0 amide bonds. The summed E-state index contributed by atoms with van der Waals surface area (Å²) < 4.78 is 10.2. The molecule has 10 aromatic heterocycles. The van der Waals surface area contributed by atoms with Crippen LogP contribution < -0.4 is 53.2 Å². The highest BCUT2D eigenvalue weighted by molar-refractivity contribution is 5.88. The van der Waals surface area contributed by atoms with Crippen molar-refractivity contribution in [3.05, 3.63) is 211 Å². The molecular formula is C109H158N30O5. The van der Waals surface area contributed by atoms with Crippen LogP contribution in [-0.4, -0.2) is 184 Å². The van der Waals surface area contributed by atoms with E-state index in [9.17, 15) is 25.5 Å². The zero-order chi connectivity index (χ0) is 104. The normalized spacial score (nSPS) is 13.8. The predicted molar refractivity (Wildman–Crippen MR) is 586 cm³/mol. The maximum absolute atomic E-state index is 10.8. The number of imidazole rings is 5. The van der Waals surface area contributed by atoms with Crippen LogP contribution in [-0.2, 0) is 32.7 Å². The second-order valence-corrected chi connectivity index (χ2v) is 39.8. The second kappa shape index (κ2) is 53.3. The smallest absolute Gasteiger partial charge is 0.227 e. The molecule has 35 heteroatoms. The fourth-order valence-corrected chi connectivity index (χ4v) is 16.5. The number of aliphatic hydroxyl groups excluding tert-OH is 5. The first kappa shape index (κ1) is 111. The van der Waals surface area contributed by atoms with Gasteiger partial charge in [-0.1, -0.05) is 249 Å². The molecule has 15 rings (SSSR count). The Labute approximate surface area is 849 Å². The number of anilines is 10. The van der Waals surface area contributed by atoms with E-state index in [0.29, 0.717) is 104 Å². The van der Waals surface area contributed by atoms with Gasteiger partial charge in [-0.3, -0.25) is 0 Å². The minimum absolute atomic E-state index is 0.0974. The molecule has 774 valence electrons. The van der Waals surface area contributed by atoms with Crippen molar-refractivity contribution in [1.82, 2.24) is 97.6 Å². The number of hydrogen-bond acceptors (Lipinski definition) is 30. The van der Waals surface area contributed by atoms with Gasteiger partial charge in [-0.25, -0.2) is 24.9 Å². The van der Waals surface area contributed by atoms with Gasteiger partial charge >= 0.3 is 0 Å². The van der Waals surface area contributed by atoms with Gasteiger partial charge in [0.15, 0.2) is 84.9 Å². The summed E-state index contributed by atoms with van der Waals surface area (Å²) in [7, 11) is 0. The fraction of sp³-hybridized carbons (Fsp3) is 0.495.